The van der Waals surface area contributed by atoms with E-state index in [2.05, 4.69) is 73.9 Å². The number of ether oxygens (including phenoxy) is 1. The van der Waals surface area contributed by atoms with Gasteiger partial charge in [-0.1, -0.05) is 60.7 Å². The molecule has 0 aliphatic carbocycles. The molecule has 0 unspecified atom stereocenters. The van der Waals surface area contributed by atoms with Crippen LogP contribution in [0.1, 0.15) is 0 Å². The van der Waals surface area contributed by atoms with Crippen LogP contribution in [-0.4, -0.2) is 33.7 Å². The van der Waals surface area contributed by atoms with Gasteiger partial charge in [-0.2, -0.15) is 0 Å². The Balaban J connectivity index is 1.16. The molecule has 0 spiro atoms. The minimum absolute atomic E-state index is 0.706. The molecule has 0 saturated heterocycles. The fourth-order valence-electron chi connectivity index (χ4n) is 6.70. The summed E-state index contributed by atoms with van der Waals surface area (Å²) in [4.78, 5) is 23.6. The number of aromatic nitrogens is 7. The highest BCUT2D eigenvalue weighted by Gasteiger charge is 2.18. The van der Waals surface area contributed by atoms with Gasteiger partial charge in [0.05, 0.1) is 17.6 Å². The van der Waals surface area contributed by atoms with Crippen LogP contribution < -0.4 is 4.74 Å². The minimum Gasteiger partial charge on any atom is -0.457 e. The van der Waals surface area contributed by atoms with E-state index in [9.17, 15) is 0 Å². The van der Waals surface area contributed by atoms with Crippen LogP contribution in [0.25, 0.3) is 77.4 Å². The summed E-state index contributed by atoms with van der Waals surface area (Å²) in [5, 5.41) is 6.01. The Hall–Kier alpha value is -6.67. The lowest BCUT2D eigenvalue weighted by Gasteiger charge is -2.14. The highest BCUT2D eigenvalue weighted by molar-refractivity contribution is 6.13. The molecule has 0 bridgehead atoms. The van der Waals surface area contributed by atoms with E-state index in [-0.39, 0.29) is 0 Å². The summed E-state index contributed by atoms with van der Waals surface area (Å²) in [6.45, 7) is 0. The third-order valence-corrected chi connectivity index (χ3v) is 8.83. The van der Waals surface area contributed by atoms with Crippen LogP contribution in [0.2, 0.25) is 0 Å². The van der Waals surface area contributed by atoms with Gasteiger partial charge in [0.1, 0.15) is 40.4 Å². The zero-order valence-electron chi connectivity index (χ0n) is 24.8. The molecule has 220 valence electrons. The lowest BCUT2D eigenvalue weighted by atomic mass is 10.1. The average molecular weight is 606 g/mol. The normalized spacial score (nSPS) is 11.8. The van der Waals surface area contributed by atoms with Gasteiger partial charge in [-0.25, -0.2) is 24.9 Å². The summed E-state index contributed by atoms with van der Waals surface area (Å²) in [5.41, 5.74) is 7.33. The molecule has 6 aromatic heterocycles. The first-order valence-electron chi connectivity index (χ1n) is 15.3. The fraction of sp³-hybridized carbons (Fsp3) is 0. The van der Waals surface area contributed by atoms with Crippen LogP contribution in [0.4, 0.5) is 0 Å². The summed E-state index contributed by atoms with van der Waals surface area (Å²) in [6, 6.07) is 37.1. The van der Waals surface area contributed by atoms with Crippen molar-refractivity contribution < 1.29 is 4.74 Å². The van der Waals surface area contributed by atoms with Gasteiger partial charge in [0.25, 0.3) is 0 Å². The van der Waals surface area contributed by atoms with Crippen molar-refractivity contribution in [3.05, 3.63) is 140 Å². The summed E-state index contributed by atoms with van der Waals surface area (Å²) in [7, 11) is 0. The van der Waals surface area contributed by atoms with Crippen LogP contribution >= 0.6 is 0 Å². The first kappa shape index (κ1) is 25.6. The van der Waals surface area contributed by atoms with Gasteiger partial charge in [0, 0.05) is 51.3 Å². The first-order valence-corrected chi connectivity index (χ1v) is 15.3. The van der Waals surface area contributed by atoms with Crippen molar-refractivity contribution in [3.63, 3.8) is 0 Å². The van der Waals surface area contributed by atoms with Crippen molar-refractivity contribution in [1.29, 1.82) is 0 Å². The van der Waals surface area contributed by atoms with Gasteiger partial charge < -0.3 is 4.74 Å². The van der Waals surface area contributed by atoms with Crippen LogP contribution in [0, 0.1) is 0 Å². The highest BCUT2D eigenvalue weighted by atomic mass is 16.5. The zero-order valence-corrected chi connectivity index (χ0v) is 24.8. The predicted molar refractivity (Wildman–Crippen MR) is 185 cm³/mol. The molecule has 6 heterocycles. The molecular weight excluding hydrogens is 582 g/mol. The molecule has 0 aliphatic rings. The molecule has 8 heteroatoms. The number of nitrogens with zero attached hydrogens (tertiary/aromatic N) is 7. The molecule has 47 heavy (non-hydrogen) atoms. The third-order valence-electron chi connectivity index (χ3n) is 8.83. The van der Waals surface area contributed by atoms with E-state index in [0.29, 0.717) is 11.5 Å². The molecule has 0 aliphatic heterocycles. The average Bonchev–Trinajstić information content (AvgIpc) is 3.82. The van der Waals surface area contributed by atoms with E-state index >= 15 is 0 Å². The number of imidazole rings is 2. The van der Waals surface area contributed by atoms with Crippen molar-refractivity contribution in [2.24, 2.45) is 0 Å². The molecule has 4 aromatic carbocycles. The molecule has 0 fully saturated rings. The maximum Gasteiger partial charge on any atom is 0.149 e. The van der Waals surface area contributed by atoms with Crippen LogP contribution in [-0.2, 0) is 0 Å². The molecule has 0 N–H and O–H groups in total. The molecule has 0 atom stereocenters. The van der Waals surface area contributed by atoms with E-state index in [4.69, 9.17) is 14.7 Å². The van der Waals surface area contributed by atoms with Crippen molar-refractivity contribution in [1.82, 2.24) is 33.7 Å². The van der Waals surface area contributed by atoms with Gasteiger partial charge in [-0.3, -0.25) is 8.80 Å². The number of hydrogen-bond acceptors (Lipinski definition) is 6. The van der Waals surface area contributed by atoms with E-state index in [1.165, 1.54) is 0 Å². The van der Waals surface area contributed by atoms with E-state index in [1.54, 1.807) is 12.5 Å². The third kappa shape index (κ3) is 3.91. The summed E-state index contributed by atoms with van der Waals surface area (Å²) >= 11 is 0. The van der Waals surface area contributed by atoms with Crippen molar-refractivity contribution in [2.75, 3.05) is 0 Å². The summed E-state index contributed by atoms with van der Waals surface area (Å²) in [5.74, 6) is 1.41. The van der Waals surface area contributed by atoms with Crippen molar-refractivity contribution in [2.45, 2.75) is 0 Å². The Morgan fingerprint density at radius 3 is 1.98 bits per heavy atom. The molecular formula is C39H23N7O. The van der Waals surface area contributed by atoms with Crippen LogP contribution in [0.3, 0.4) is 0 Å². The lowest BCUT2D eigenvalue weighted by Crippen LogP contribution is -1.98. The maximum atomic E-state index is 6.54. The number of rotatable bonds is 4. The number of pyridine rings is 3. The smallest absolute Gasteiger partial charge is 0.149 e. The summed E-state index contributed by atoms with van der Waals surface area (Å²) in [6.07, 6.45) is 9.04. The Bertz CT molecular complexity index is 2820. The number of hydrogen-bond donors (Lipinski definition) is 0. The van der Waals surface area contributed by atoms with E-state index < -0.39 is 0 Å². The molecule has 0 amide bonds. The second-order valence-corrected chi connectivity index (χ2v) is 11.5. The Morgan fingerprint density at radius 2 is 1.19 bits per heavy atom. The molecule has 0 radical (unpaired) electrons. The van der Waals surface area contributed by atoms with Gasteiger partial charge >= 0.3 is 0 Å². The summed E-state index contributed by atoms with van der Waals surface area (Å²) < 4.78 is 10.7. The van der Waals surface area contributed by atoms with Crippen LogP contribution in [0.5, 0.6) is 11.5 Å². The highest BCUT2D eigenvalue weighted by Crippen LogP contribution is 2.37. The van der Waals surface area contributed by atoms with Crippen molar-refractivity contribution in [3.8, 4) is 34.0 Å². The van der Waals surface area contributed by atoms with Gasteiger partial charge in [-0.05, 0) is 59.3 Å². The standard InChI is InChI=1S/C39H23N7O/c1-3-7-24(8-4-1)34-16-15-30-28-13-11-27(20-32(28)38-42-22-35(46(38)39(30)44-34)25-9-5-2-6-10-25)47-26-12-14-29-31(19-26)36-41-17-18-45(36)37-33(29)21-40-23-43-37/h1-23H. The minimum atomic E-state index is 0.706. The Kier molecular flexibility index (Phi) is 5.41. The van der Waals surface area contributed by atoms with Crippen molar-refractivity contribution >= 4 is 54.9 Å². The largest absolute Gasteiger partial charge is 0.457 e. The molecule has 8 nitrogen and oxygen atoms in total. The Labute approximate surface area is 267 Å². The fourth-order valence-corrected chi connectivity index (χ4v) is 6.70. The number of benzene rings is 4. The molecule has 10 aromatic rings. The second kappa shape index (κ2) is 9.92. The van der Waals surface area contributed by atoms with E-state index in [0.717, 1.165) is 77.4 Å². The monoisotopic (exact) mass is 605 g/mol. The van der Waals surface area contributed by atoms with E-state index in [1.807, 2.05) is 77.6 Å². The predicted octanol–water partition coefficient (Wildman–Crippen LogP) is 8.91. The Morgan fingerprint density at radius 1 is 0.511 bits per heavy atom. The quantitative estimate of drug-likeness (QED) is 0.186. The molecule has 0 saturated carbocycles. The number of fused-ring (bicyclic) bond motifs is 12. The lowest BCUT2D eigenvalue weighted by molar-refractivity contribution is 0.484. The SMILES string of the molecule is c1ccc(-c2ccc3c4ccc(Oc5ccc6c7cncnc7n7ccnc7c6c5)cc4c4ncc(-c5ccccc5)n4c3n2)cc1. The molecule has 10 rings (SSSR count). The zero-order chi connectivity index (χ0) is 30.9. The van der Waals surface area contributed by atoms with Gasteiger partial charge in [0.2, 0.25) is 0 Å². The van der Waals surface area contributed by atoms with Gasteiger partial charge in [0.15, 0.2) is 0 Å². The topological polar surface area (TPSA) is 82.5 Å². The first-order chi connectivity index (χ1) is 23.3. The maximum absolute atomic E-state index is 6.54. The second-order valence-electron chi connectivity index (χ2n) is 11.5. The van der Waals surface area contributed by atoms with Gasteiger partial charge in [-0.15, -0.1) is 0 Å². The van der Waals surface area contributed by atoms with Crippen LogP contribution in [0.15, 0.2) is 140 Å².